The summed E-state index contributed by atoms with van der Waals surface area (Å²) >= 11 is 2.87. The Kier molecular flexibility index (Phi) is 6.68. The van der Waals surface area contributed by atoms with E-state index in [1.165, 1.54) is 19.1 Å². The zero-order valence-electron chi connectivity index (χ0n) is 19.0. The Bertz CT molecular complexity index is 1430. The first-order valence-electron chi connectivity index (χ1n) is 10.6. The van der Waals surface area contributed by atoms with Crippen molar-refractivity contribution in [2.45, 2.75) is 31.6 Å². The summed E-state index contributed by atoms with van der Waals surface area (Å²) in [4.78, 5) is 0. The summed E-state index contributed by atoms with van der Waals surface area (Å²) in [5.41, 5.74) is -6.13. The summed E-state index contributed by atoms with van der Waals surface area (Å²) in [5, 5.41) is 7.70. The molecule has 0 saturated heterocycles. The SMILES string of the molecule is Cc1ccc(C(c2ccc(-c3nnc(C)n3-c3cc(F)c(Br)cc3F)cc2)(C(F)(F)F)C(F)(F)F)cc1. The van der Waals surface area contributed by atoms with Crippen LogP contribution in [0.2, 0.25) is 0 Å². The lowest BCUT2D eigenvalue weighted by Crippen LogP contribution is -2.54. The van der Waals surface area contributed by atoms with Gasteiger partial charge in [-0.3, -0.25) is 4.57 Å². The van der Waals surface area contributed by atoms with Gasteiger partial charge in [-0.05, 0) is 47.0 Å². The Morgan fingerprint density at radius 3 is 1.73 bits per heavy atom. The number of rotatable bonds is 4. The molecular formula is C25H16BrF8N3. The van der Waals surface area contributed by atoms with Crippen molar-refractivity contribution in [3.63, 3.8) is 0 Å². The van der Waals surface area contributed by atoms with E-state index in [4.69, 9.17) is 0 Å². The molecule has 0 amide bonds. The minimum Gasteiger partial charge on any atom is -0.276 e. The third kappa shape index (κ3) is 4.41. The molecule has 0 bridgehead atoms. The van der Waals surface area contributed by atoms with Gasteiger partial charge < -0.3 is 0 Å². The van der Waals surface area contributed by atoms with Gasteiger partial charge in [0.25, 0.3) is 0 Å². The van der Waals surface area contributed by atoms with E-state index in [2.05, 4.69) is 26.1 Å². The van der Waals surface area contributed by atoms with Crippen LogP contribution < -0.4 is 0 Å². The number of alkyl halides is 6. The van der Waals surface area contributed by atoms with Gasteiger partial charge in [0.15, 0.2) is 5.82 Å². The first-order valence-corrected chi connectivity index (χ1v) is 11.4. The maximum Gasteiger partial charge on any atom is 0.411 e. The van der Waals surface area contributed by atoms with Gasteiger partial charge in [-0.25, -0.2) is 8.78 Å². The molecule has 0 aliphatic heterocycles. The van der Waals surface area contributed by atoms with Crippen molar-refractivity contribution >= 4 is 15.9 Å². The largest absolute Gasteiger partial charge is 0.411 e. The van der Waals surface area contributed by atoms with Crippen LogP contribution in [0.3, 0.4) is 0 Å². The fraction of sp³-hybridized carbons (Fsp3) is 0.200. The van der Waals surface area contributed by atoms with E-state index >= 15 is 0 Å². The molecule has 1 aromatic heterocycles. The Balaban J connectivity index is 1.90. The quantitative estimate of drug-likeness (QED) is 0.178. The summed E-state index contributed by atoms with van der Waals surface area (Å²) < 4.78 is 116. The molecule has 0 unspecified atom stereocenters. The average Bonchev–Trinajstić information content (AvgIpc) is 3.17. The van der Waals surface area contributed by atoms with E-state index in [0.717, 1.165) is 41.0 Å². The van der Waals surface area contributed by atoms with Crippen LogP contribution in [0.1, 0.15) is 22.5 Å². The molecule has 0 aliphatic carbocycles. The highest BCUT2D eigenvalue weighted by atomic mass is 79.9. The number of nitrogens with zero attached hydrogens (tertiary/aromatic N) is 3. The fourth-order valence-corrected chi connectivity index (χ4v) is 4.49. The van der Waals surface area contributed by atoms with Crippen molar-refractivity contribution < 1.29 is 35.1 Å². The van der Waals surface area contributed by atoms with Crippen LogP contribution in [0, 0.1) is 25.5 Å². The lowest BCUT2D eigenvalue weighted by Gasteiger charge is -2.38. The number of aryl methyl sites for hydroxylation is 2. The van der Waals surface area contributed by atoms with Crippen LogP contribution in [-0.4, -0.2) is 27.1 Å². The van der Waals surface area contributed by atoms with Gasteiger partial charge in [0, 0.05) is 11.6 Å². The van der Waals surface area contributed by atoms with Crippen molar-refractivity contribution in [3.05, 3.63) is 99.3 Å². The van der Waals surface area contributed by atoms with E-state index in [0.29, 0.717) is 17.7 Å². The predicted molar refractivity (Wildman–Crippen MR) is 123 cm³/mol. The Morgan fingerprint density at radius 1 is 0.703 bits per heavy atom. The van der Waals surface area contributed by atoms with Gasteiger partial charge >= 0.3 is 12.4 Å². The monoisotopic (exact) mass is 589 g/mol. The smallest absolute Gasteiger partial charge is 0.276 e. The summed E-state index contributed by atoms with van der Waals surface area (Å²) in [7, 11) is 0. The minimum absolute atomic E-state index is 0.0363. The van der Waals surface area contributed by atoms with Crippen LogP contribution in [0.5, 0.6) is 0 Å². The molecule has 194 valence electrons. The lowest BCUT2D eigenvalue weighted by molar-refractivity contribution is -0.288. The fourth-order valence-electron chi connectivity index (χ4n) is 4.18. The minimum atomic E-state index is -5.74. The van der Waals surface area contributed by atoms with Gasteiger partial charge in [0.2, 0.25) is 5.41 Å². The molecule has 0 fully saturated rings. The van der Waals surface area contributed by atoms with E-state index in [1.807, 2.05) is 0 Å². The highest BCUT2D eigenvalue weighted by molar-refractivity contribution is 9.10. The summed E-state index contributed by atoms with van der Waals surface area (Å²) in [6.07, 6.45) is -11.5. The van der Waals surface area contributed by atoms with Crippen molar-refractivity contribution in [1.82, 2.24) is 14.8 Å². The molecule has 0 spiro atoms. The summed E-state index contributed by atoms with van der Waals surface area (Å²) in [5.74, 6) is -1.66. The molecule has 3 nitrogen and oxygen atoms in total. The summed E-state index contributed by atoms with van der Waals surface area (Å²) in [6.45, 7) is 2.97. The molecule has 4 rings (SSSR count). The molecule has 0 aliphatic rings. The maximum absolute atomic E-state index is 14.6. The van der Waals surface area contributed by atoms with Crippen LogP contribution in [-0.2, 0) is 5.41 Å². The second-order valence-electron chi connectivity index (χ2n) is 8.31. The first-order chi connectivity index (χ1) is 17.2. The second kappa shape index (κ2) is 9.23. The Morgan fingerprint density at radius 2 is 1.22 bits per heavy atom. The van der Waals surface area contributed by atoms with Crippen molar-refractivity contribution in [2.24, 2.45) is 0 Å². The van der Waals surface area contributed by atoms with Crippen LogP contribution in [0.4, 0.5) is 35.1 Å². The third-order valence-corrected chi connectivity index (χ3v) is 6.57. The van der Waals surface area contributed by atoms with Crippen molar-refractivity contribution in [1.29, 1.82) is 0 Å². The summed E-state index contributed by atoms with van der Waals surface area (Å²) in [6, 6.07) is 9.09. The number of benzene rings is 3. The Labute approximate surface area is 213 Å². The maximum atomic E-state index is 14.6. The Hall–Kier alpha value is -3.28. The average molecular weight is 590 g/mol. The van der Waals surface area contributed by atoms with Crippen LogP contribution >= 0.6 is 15.9 Å². The highest BCUT2D eigenvalue weighted by Crippen LogP contribution is 2.56. The predicted octanol–water partition coefficient (Wildman–Crippen LogP) is 8.00. The molecule has 0 saturated carbocycles. The number of aromatic nitrogens is 3. The molecule has 0 radical (unpaired) electrons. The number of hydrogen-bond acceptors (Lipinski definition) is 2. The van der Waals surface area contributed by atoms with Gasteiger partial charge in [-0.2, -0.15) is 26.3 Å². The third-order valence-electron chi connectivity index (χ3n) is 5.97. The number of hydrogen-bond donors (Lipinski definition) is 0. The molecule has 4 aromatic rings. The molecular weight excluding hydrogens is 574 g/mol. The van der Waals surface area contributed by atoms with Crippen molar-refractivity contribution in [3.8, 4) is 17.1 Å². The van der Waals surface area contributed by atoms with Crippen molar-refractivity contribution in [2.75, 3.05) is 0 Å². The lowest BCUT2D eigenvalue weighted by atomic mass is 9.72. The molecule has 0 atom stereocenters. The van der Waals surface area contributed by atoms with E-state index < -0.39 is 40.5 Å². The first kappa shape index (κ1) is 26.8. The molecule has 37 heavy (non-hydrogen) atoms. The van der Waals surface area contributed by atoms with E-state index in [9.17, 15) is 35.1 Å². The normalized spacial score (nSPS) is 12.7. The van der Waals surface area contributed by atoms with Gasteiger partial charge in [0.05, 0.1) is 10.2 Å². The molecule has 0 N–H and O–H groups in total. The molecule has 1 heterocycles. The zero-order chi connectivity index (χ0) is 27.3. The van der Waals surface area contributed by atoms with Gasteiger partial charge in [-0.1, -0.05) is 54.1 Å². The molecule has 12 heteroatoms. The van der Waals surface area contributed by atoms with E-state index in [1.54, 1.807) is 6.92 Å². The topological polar surface area (TPSA) is 30.7 Å². The van der Waals surface area contributed by atoms with Crippen LogP contribution in [0.15, 0.2) is 65.1 Å². The number of halogens is 9. The van der Waals surface area contributed by atoms with E-state index in [-0.39, 0.29) is 27.4 Å². The van der Waals surface area contributed by atoms with Gasteiger partial charge in [0.1, 0.15) is 17.5 Å². The zero-order valence-corrected chi connectivity index (χ0v) is 20.6. The van der Waals surface area contributed by atoms with Gasteiger partial charge in [-0.15, -0.1) is 10.2 Å². The standard InChI is InChI=1S/C25H16BrF8N3/c1-13-3-7-16(8-4-13)23(24(29,30)31,25(32,33)34)17-9-5-15(6-10-17)22-36-35-14(2)37(22)21-12-19(27)18(26)11-20(21)28/h3-12H,1-2H3. The van der Waals surface area contributed by atoms with Crippen LogP contribution in [0.25, 0.3) is 17.1 Å². The molecule has 3 aromatic carbocycles. The second-order valence-corrected chi connectivity index (χ2v) is 9.17. The highest BCUT2D eigenvalue weighted by Gasteiger charge is 2.72.